The van der Waals surface area contributed by atoms with Gasteiger partial charge < -0.3 is 9.84 Å². The van der Waals surface area contributed by atoms with Crippen molar-refractivity contribution in [3.05, 3.63) is 36.5 Å². The van der Waals surface area contributed by atoms with Crippen molar-refractivity contribution in [1.82, 2.24) is 0 Å². The lowest BCUT2D eigenvalue weighted by Crippen LogP contribution is -2.16. The van der Waals surface area contributed by atoms with E-state index < -0.39 is 5.97 Å². The molecule has 0 aliphatic carbocycles. The topological polar surface area (TPSA) is 63.6 Å². The van der Waals surface area contributed by atoms with Gasteiger partial charge in [0.15, 0.2) is 0 Å². The second-order valence-corrected chi connectivity index (χ2v) is 13.1. The number of ether oxygens (including phenoxy) is 1. The normalized spacial score (nSPS) is 12.6. The summed E-state index contributed by atoms with van der Waals surface area (Å²) in [6.07, 6.45) is 47.5. The molecule has 0 aromatic carbocycles. The SMILES string of the molecule is CCCCCC/C=C\C/C=C\C(CCCCCCC(=O)O)OC(=O)CCCCCCCCCCC/C=C\CCCCCCCC. The number of hydrogen-bond donors (Lipinski definition) is 1. The van der Waals surface area contributed by atoms with Gasteiger partial charge in [0.1, 0.15) is 6.10 Å². The molecular weight excluding hydrogens is 556 g/mol. The Balaban J connectivity index is 3.96. The zero-order chi connectivity index (χ0) is 32.9. The lowest BCUT2D eigenvalue weighted by Gasteiger charge is -2.14. The lowest BCUT2D eigenvalue weighted by atomic mass is 10.1. The van der Waals surface area contributed by atoms with Gasteiger partial charge in [-0.05, 0) is 76.7 Å². The third-order valence-corrected chi connectivity index (χ3v) is 8.57. The summed E-state index contributed by atoms with van der Waals surface area (Å²) in [5.41, 5.74) is 0. The molecule has 1 atom stereocenters. The summed E-state index contributed by atoms with van der Waals surface area (Å²) >= 11 is 0. The van der Waals surface area contributed by atoms with E-state index in [2.05, 4.69) is 50.3 Å². The molecule has 0 fully saturated rings. The fraction of sp³-hybridized carbons (Fsp3) is 0.805. The summed E-state index contributed by atoms with van der Waals surface area (Å²) < 4.78 is 5.86. The highest BCUT2D eigenvalue weighted by Gasteiger charge is 2.11. The Bertz CT molecular complexity index is 723. The van der Waals surface area contributed by atoms with E-state index in [0.29, 0.717) is 6.42 Å². The van der Waals surface area contributed by atoms with Crippen molar-refractivity contribution in [3.63, 3.8) is 0 Å². The average molecular weight is 631 g/mol. The Labute approximate surface area is 279 Å². The number of aliphatic carboxylic acids is 1. The molecule has 4 nitrogen and oxygen atoms in total. The molecular formula is C41H74O4. The number of carbonyl (C=O) groups excluding carboxylic acids is 1. The molecule has 1 N–H and O–H groups in total. The molecule has 262 valence electrons. The largest absolute Gasteiger partial charge is 0.481 e. The number of rotatable bonds is 35. The van der Waals surface area contributed by atoms with Crippen molar-refractivity contribution in [2.24, 2.45) is 0 Å². The molecule has 0 aromatic heterocycles. The number of carboxylic acid groups (broad SMARTS) is 1. The van der Waals surface area contributed by atoms with Crippen LogP contribution in [0.1, 0.15) is 206 Å². The van der Waals surface area contributed by atoms with Crippen molar-refractivity contribution in [2.75, 3.05) is 0 Å². The number of allylic oxidation sites excluding steroid dienone is 5. The number of carboxylic acids is 1. The highest BCUT2D eigenvalue weighted by atomic mass is 16.5. The van der Waals surface area contributed by atoms with Crippen LogP contribution in [0.25, 0.3) is 0 Å². The van der Waals surface area contributed by atoms with E-state index in [-0.39, 0.29) is 18.5 Å². The predicted octanol–water partition coefficient (Wildman–Crippen LogP) is 13.4. The van der Waals surface area contributed by atoms with Crippen LogP contribution in [0.3, 0.4) is 0 Å². The van der Waals surface area contributed by atoms with Gasteiger partial charge in [-0.2, -0.15) is 0 Å². The molecule has 1 unspecified atom stereocenters. The van der Waals surface area contributed by atoms with Crippen molar-refractivity contribution in [2.45, 2.75) is 213 Å². The number of esters is 1. The van der Waals surface area contributed by atoms with E-state index in [1.165, 1.54) is 122 Å². The number of unbranched alkanes of at least 4 members (excludes halogenated alkanes) is 22. The molecule has 0 saturated heterocycles. The van der Waals surface area contributed by atoms with E-state index in [9.17, 15) is 9.59 Å². The summed E-state index contributed by atoms with van der Waals surface area (Å²) in [4.78, 5) is 23.3. The summed E-state index contributed by atoms with van der Waals surface area (Å²) in [5, 5.41) is 8.82. The van der Waals surface area contributed by atoms with Crippen LogP contribution in [0.2, 0.25) is 0 Å². The summed E-state index contributed by atoms with van der Waals surface area (Å²) in [6, 6.07) is 0. The summed E-state index contributed by atoms with van der Waals surface area (Å²) in [7, 11) is 0. The van der Waals surface area contributed by atoms with E-state index in [4.69, 9.17) is 9.84 Å². The fourth-order valence-electron chi connectivity index (χ4n) is 5.66. The molecule has 0 amide bonds. The van der Waals surface area contributed by atoms with Crippen LogP contribution in [-0.4, -0.2) is 23.1 Å². The van der Waals surface area contributed by atoms with Gasteiger partial charge in [-0.3, -0.25) is 9.59 Å². The molecule has 0 bridgehead atoms. The first kappa shape index (κ1) is 43.2. The molecule has 0 radical (unpaired) electrons. The smallest absolute Gasteiger partial charge is 0.306 e. The van der Waals surface area contributed by atoms with Crippen LogP contribution in [0, 0.1) is 0 Å². The maximum Gasteiger partial charge on any atom is 0.306 e. The Morgan fingerprint density at radius 2 is 0.933 bits per heavy atom. The van der Waals surface area contributed by atoms with Crippen LogP contribution in [0.5, 0.6) is 0 Å². The van der Waals surface area contributed by atoms with Gasteiger partial charge in [-0.25, -0.2) is 0 Å². The molecule has 0 rings (SSSR count). The minimum absolute atomic E-state index is 0.0805. The molecule has 0 aliphatic rings. The third-order valence-electron chi connectivity index (χ3n) is 8.57. The summed E-state index contributed by atoms with van der Waals surface area (Å²) in [6.45, 7) is 4.51. The Kier molecular flexibility index (Phi) is 35.1. The quantitative estimate of drug-likeness (QED) is 0.0430. The van der Waals surface area contributed by atoms with E-state index in [1.54, 1.807) is 0 Å². The maximum atomic E-state index is 12.6. The second kappa shape index (κ2) is 36.6. The highest BCUT2D eigenvalue weighted by Crippen LogP contribution is 2.15. The monoisotopic (exact) mass is 631 g/mol. The van der Waals surface area contributed by atoms with E-state index in [0.717, 1.165) is 57.8 Å². The van der Waals surface area contributed by atoms with Gasteiger partial charge >= 0.3 is 11.9 Å². The van der Waals surface area contributed by atoms with Crippen molar-refractivity contribution < 1.29 is 19.4 Å². The lowest BCUT2D eigenvalue weighted by molar-refractivity contribution is -0.147. The first-order valence-electron chi connectivity index (χ1n) is 19.5. The van der Waals surface area contributed by atoms with Crippen LogP contribution in [0.4, 0.5) is 0 Å². The first-order chi connectivity index (χ1) is 22.1. The number of hydrogen-bond acceptors (Lipinski definition) is 3. The number of carbonyl (C=O) groups is 2. The van der Waals surface area contributed by atoms with Gasteiger partial charge in [-0.15, -0.1) is 0 Å². The summed E-state index contributed by atoms with van der Waals surface area (Å²) in [5.74, 6) is -0.807. The highest BCUT2D eigenvalue weighted by molar-refractivity contribution is 5.69. The van der Waals surface area contributed by atoms with E-state index >= 15 is 0 Å². The van der Waals surface area contributed by atoms with Gasteiger partial charge in [0.2, 0.25) is 0 Å². The zero-order valence-electron chi connectivity index (χ0n) is 29.9. The van der Waals surface area contributed by atoms with Crippen LogP contribution < -0.4 is 0 Å². The molecule has 45 heavy (non-hydrogen) atoms. The molecule has 0 spiro atoms. The van der Waals surface area contributed by atoms with Crippen molar-refractivity contribution in [1.29, 1.82) is 0 Å². The second-order valence-electron chi connectivity index (χ2n) is 13.1. The Morgan fingerprint density at radius 1 is 0.511 bits per heavy atom. The first-order valence-corrected chi connectivity index (χ1v) is 19.5. The van der Waals surface area contributed by atoms with Gasteiger partial charge in [0, 0.05) is 12.8 Å². The van der Waals surface area contributed by atoms with Gasteiger partial charge in [0.05, 0.1) is 0 Å². The van der Waals surface area contributed by atoms with Gasteiger partial charge in [-0.1, -0.05) is 153 Å². The van der Waals surface area contributed by atoms with Crippen LogP contribution in [0.15, 0.2) is 36.5 Å². The van der Waals surface area contributed by atoms with Crippen LogP contribution >= 0.6 is 0 Å². The Hall–Kier alpha value is -1.84. The third kappa shape index (κ3) is 36.5. The average Bonchev–Trinajstić information content (AvgIpc) is 3.02. The Morgan fingerprint density at radius 3 is 1.47 bits per heavy atom. The molecule has 0 aromatic rings. The molecule has 0 heterocycles. The minimum Gasteiger partial charge on any atom is -0.481 e. The molecule has 4 heteroatoms. The predicted molar refractivity (Wildman–Crippen MR) is 195 cm³/mol. The van der Waals surface area contributed by atoms with Gasteiger partial charge in [0.25, 0.3) is 0 Å². The maximum absolute atomic E-state index is 12.6. The van der Waals surface area contributed by atoms with E-state index in [1.807, 2.05) is 0 Å². The van der Waals surface area contributed by atoms with Crippen LogP contribution in [-0.2, 0) is 14.3 Å². The molecule has 0 aliphatic heterocycles. The fourth-order valence-corrected chi connectivity index (χ4v) is 5.66. The zero-order valence-corrected chi connectivity index (χ0v) is 29.9. The minimum atomic E-state index is -0.726. The van der Waals surface area contributed by atoms with Crippen molar-refractivity contribution >= 4 is 11.9 Å². The van der Waals surface area contributed by atoms with Crippen molar-refractivity contribution in [3.8, 4) is 0 Å². The standard InChI is InChI=1S/C41H74O4/c1-3-5-7-9-11-13-14-15-16-17-18-19-20-21-22-24-26-28-34-38-41(44)45-39(36-32-29-30-33-37-40(42)43)35-31-27-25-23-12-10-8-6-4-2/h15-16,23,25,31,35,39H,3-14,17-22,24,26-30,32-34,36-38H2,1-2H3,(H,42,43)/b16-15-,25-23-,35-31-. The molecule has 0 saturated carbocycles.